The fourth-order valence-electron chi connectivity index (χ4n) is 5.27. The Hall–Kier alpha value is -0.650. The minimum Gasteiger partial charge on any atom is -0.379 e. The van der Waals surface area contributed by atoms with Crippen LogP contribution in [0.3, 0.4) is 0 Å². The number of nitrogens with zero attached hydrogens (tertiary/aromatic N) is 1. The summed E-state index contributed by atoms with van der Waals surface area (Å²) in [4.78, 5) is 15.1. The highest BCUT2D eigenvalue weighted by atomic mass is 16.5. The van der Waals surface area contributed by atoms with E-state index in [2.05, 4.69) is 29.4 Å². The monoisotopic (exact) mass is 365 g/mol. The van der Waals surface area contributed by atoms with Gasteiger partial charge in [0, 0.05) is 31.2 Å². The second-order valence-electron chi connectivity index (χ2n) is 8.92. The Kier molecular flexibility index (Phi) is 7.35. The zero-order valence-electron chi connectivity index (χ0n) is 16.9. The third-order valence-electron chi connectivity index (χ3n) is 7.31. The van der Waals surface area contributed by atoms with Gasteiger partial charge in [-0.25, -0.2) is 0 Å². The van der Waals surface area contributed by atoms with E-state index in [0.717, 1.165) is 38.8 Å². The molecule has 26 heavy (non-hydrogen) atoms. The van der Waals surface area contributed by atoms with Crippen molar-refractivity contribution in [2.24, 2.45) is 11.8 Å². The SMILES string of the molecule is CC1CCCC(NCC(=O)NCC2(N3CCOCC3)CCCCC2)C1C. The van der Waals surface area contributed by atoms with Crippen LogP contribution in [0.25, 0.3) is 0 Å². The van der Waals surface area contributed by atoms with Crippen LogP contribution in [0.1, 0.15) is 65.2 Å². The lowest BCUT2D eigenvalue weighted by atomic mass is 9.78. The van der Waals surface area contributed by atoms with Crippen LogP contribution in [0.2, 0.25) is 0 Å². The smallest absolute Gasteiger partial charge is 0.234 e. The molecule has 5 nitrogen and oxygen atoms in total. The summed E-state index contributed by atoms with van der Waals surface area (Å²) in [6.07, 6.45) is 10.1. The number of amides is 1. The van der Waals surface area contributed by atoms with Gasteiger partial charge in [0.25, 0.3) is 0 Å². The van der Waals surface area contributed by atoms with Gasteiger partial charge >= 0.3 is 0 Å². The minimum atomic E-state index is 0.157. The van der Waals surface area contributed by atoms with E-state index in [1.54, 1.807) is 0 Å². The van der Waals surface area contributed by atoms with Crippen LogP contribution in [-0.2, 0) is 9.53 Å². The first-order valence-corrected chi connectivity index (χ1v) is 10.9. The van der Waals surface area contributed by atoms with Crippen LogP contribution in [0, 0.1) is 11.8 Å². The van der Waals surface area contributed by atoms with Crippen molar-refractivity contribution in [3.05, 3.63) is 0 Å². The Morgan fingerprint density at radius 1 is 1.08 bits per heavy atom. The topological polar surface area (TPSA) is 53.6 Å². The van der Waals surface area contributed by atoms with Gasteiger partial charge < -0.3 is 15.4 Å². The summed E-state index contributed by atoms with van der Waals surface area (Å²) in [6, 6.07) is 0.493. The molecule has 3 unspecified atom stereocenters. The fourth-order valence-corrected chi connectivity index (χ4v) is 5.27. The van der Waals surface area contributed by atoms with E-state index in [4.69, 9.17) is 4.74 Å². The number of morpholine rings is 1. The summed E-state index contributed by atoms with van der Waals surface area (Å²) in [6.45, 7) is 9.59. The van der Waals surface area contributed by atoms with Crippen molar-refractivity contribution >= 4 is 5.91 Å². The first-order valence-electron chi connectivity index (χ1n) is 10.9. The summed E-state index contributed by atoms with van der Waals surface area (Å²) in [5, 5.41) is 6.81. The zero-order chi connectivity index (χ0) is 18.4. The van der Waals surface area contributed by atoms with Gasteiger partial charge in [-0.05, 0) is 31.1 Å². The Bertz CT molecular complexity index is 445. The number of ether oxygens (including phenoxy) is 1. The molecule has 3 aliphatic rings. The Morgan fingerprint density at radius 2 is 1.81 bits per heavy atom. The van der Waals surface area contributed by atoms with Crippen LogP contribution in [0.15, 0.2) is 0 Å². The van der Waals surface area contributed by atoms with Crippen LogP contribution >= 0.6 is 0 Å². The van der Waals surface area contributed by atoms with Crippen molar-refractivity contribution in [1.29, 1.82) is 0 Å². The molecule has 0 aromatic heterocycles. The molecular weight excluding hydrogens is 326 g/mol. The van der Waals surface area contributed by atoms with E-state index < -0.39 is 0 Å². The molecule has 5 heteroatoms. The summed E-state index contributed by atoms with van der Waals surface area (Å²) < 4.78 is 5.55. The number of carbonyl (C=O) groups is 1. The van der Waals surface area contributed by atoms with Crippen molar-refractivity contribution < 1.29 is 9.53 Å². The molecule has 1 saturated heterocycles. The first kappa shape index (κ1) is 20.1. The quantitative estimate of drug-likeness (QED) is 0.760. The molecule has 2 N–H and O–H groups in total. The zero-order valence-corrected chi connectivity index (χ0v) is 16.9. The van der Waals surface area contributed by atoms with Gasteiger partial charge in [0.2, 0.25) is 5.91 Å². The lowest BCUT2D eigenvalue weighted by molar-refractivity contribution is -0.121. The number of hydrogen-bond acceptors (Lipinski definition) is 4. The maximum Gasteiger partial charge on any atom is 0.234 e. The van der Waals surface area contributed by atoms with Crippen molar-refractivity contribution in [3.8, 4) is 0 Å². The molecule has 0 radical (unpaired) electrons. The van der Waals surface area contributed by atoms with E-state index >= 15 is 0 Å². The van der Waals surface area contributed by atoms with Crippen molar-refractivity contribution in [2.75, 3.05) is 39.4 Å². The largest absolute Gasteiger partial charge is 0.379 e. The highest BCUT2D eigenvalue weighted by Crippen LogP contribution is 2.34. The standard InChI is InChI=1S/C21H39N3O2/c1-17-7-6-8-19(18(17)2)22-15-20(25)23-16-21(9-4-3-5-10-21)24-11-13-26-14-12-24/h17-19,22H,3-16H2,1-2H3,(H,23,25). The normalized spacial score (nSPS) is 32.9. The van der Waals surface area contributed by atoms with Crippen LogP contribution < -0.4 is 10.6 Å². The van der Waals surface area contributed by atoms with E-state index in [1.165, 1.54) is 51.4 Å². The molecule has 2 aliphatic carbocycles. The molecular formula is C21H39N3O2. The van der Waals surface area contributed by atoms with E-state index in [1.807, 2.05) is 0 Å². The maximum absolute atomic E-state index is 12.5. The van der Waals surface area contributed by atoms with E-state index in [-0.39, 0.29) is 11.4 Å². The number of hydrogen-bond donors (Lipinski definition) is 2. The molecule has 1 aliphatic heterocycles. The van der Waals surface area contributed by atoms with Gasteiger partial charge in [-0.3, -0.25) is 9.69 Å². The minimum absolute atomic E-state index is 0.157. The highest BCUT2D eigenvalue weighted by Gasteiger charge is 2.38. The van der Waals surface area contributed by atoms with Crippen LogP contribution in [0.4, 0.5) is 0 Å². The average Bonchev–Trinajstić information content (AvgIpc) is 2.69. The van der Waals surface area contributed by atoms with Gasteiger partial charge in [0.05, 0.1) is 19.8 Å². The lowest BCUT2D eigenvalue weighted by Crippen LogP contribution is -2.60. The average molecular weight is 366 g/mol. The second kappa shape index (κ2) is 9.52. The molecule has 0 aromatic carbocycles. The summed E-state index contributed by atoms with van der Waals surface area (Å²) in [5.41, 5.74) is 0.157. The first-order chi connectivity index (χ1) is 12.6. The summed E-state index contributed by atoms with van der Waals surface area (Å²) >= 11 is 0. The third kappa shape index (κ3) is 4.99. The van der Waals surface area contributed by atoms with Crippen molar-refractivity contribution in [1.82, 2.24) is 15.5 Å². The number of nitrogens with one attached hydrogen (secondary N) is 2. The van der Waals surface area contributed by atoms with Gasteiger partial charge in [0.15, 0.2) is 0 Å². The van der Waals surface area contributed by atoms with Crippen LogP contribution in [0.5, 0.6) is 0 Å². The van der Waals surface area contributed by atoms with Gasteiger partial charge in [0.1, 0.15) is 0 Å². The molecule has 1 amide bonds. The predicted octanol–water partition coefficient (Wildman–Crippen LogP) is 2.55. The van der Waals surface area contributed by atoms with E-state index in [9.17, 15) is 4.79 Å². The van der Waals surface area contributed by atoms with Gasteiger partial charge in [-0.1, -0.05) is 46.0 Å². The van der Waals surface area contributed by atoms with Gasteiger partial charge in [-0.15, -0.1) is 0 Å². The number of rotatable bonds is 6. The second-order valence-corrected chi connectivity index (χ2v) is 8.92. The number of carbonyl (C=O) groups excluding carboxylic acids is 1. The summed E-state index contributed by atoms with van der Waals surface area (Å²) in [5.74, 6) is 1.58. The molecule has 0 aromatic rings. The summed E-state index contributed by atoms with van der Waals surface area (Å²) in [7, 11) is 0. The Balaban J connectivity index is 1.48. The molecule has 3 fully saturated rings. The maximum atomic E-state index is 12.5. The molecule has 0 spiro atoms. The molecule has 2 saturated carbocycles. The lowest BCUT2D eigenvalue weighted by Gasteiger charge is -2.48. The Morgan fingerprint density at radius 3 is 2.54 bits per heavy atom. The molecule has 3 rings (SSSR count). The third-order valence-corrected chi connectivity index (χ3v) is 7.31. The van der Waals surface area contributed by atoms with E-state index in [0.29, 0.717) is 18.5 Å². The highest BCUT2D eigenvalue weighted by molar-refractivity contribution is 5.78. The predicted molar refractivity (Wildman–Crippen MR) is 105 cm³/mol. The molecule has 150 valence electrons. The molecule has 3 atom stereocenters. The van der Waals surface area contributed by atoms with Crippen molar-refractivity contribution in [2.45, 2.75) is 76.8 Å². The van der Waals surface area contributed by atoms with Crippen molar-refractivity contribution in [3.63, 3.8) is 0 Å². The van der Waals surface area contributed by atoms with Gasteiger partial charge in [-0.2, -0.15) is 0 Å². The fraction of sp³-hybridized carbons (Fsp3) is 0.952. The molecule has 0 bridgehead atoms. The van der Waals surface area contributed by atoms with Crippen LogP contribution in [-0.4, -0.2) is 61.8 Å². The molecule has 1 heterocycles. The Labute approximate surface area is 159 Å².